The number of anilines is 1. The summed E-state index contributed by atoms with van der Waals surface area (Å²) in [6.07, 6.45) is 4.28. The Bertz CT molecular complexity index is 1240. The Morgan fingerprint density at radius 1 is 1.25 bits per heavy atom. The summed E-state index contributed by atoms with van der Waals surface area (Å²) in [5, 5.41) is 9.99. The molecule has 1 atom stereocenters. The number of carboxylic acids is 1. The van der Waals surface area contributed by atoms with Crippen molar-refractivity contribution in [2.24, 2.45) is 5.41 Å². The van der Waals surface area contributed by atoms with E-state index < -0.39 is 16.8 Å². The van der Waals surface area contributed by atoms with Crippen LogP contribution in [0.3, 0.4) is 0 Å². The number of aldehydes is 1. The van der Waals surface area contributed by atoms with E-state index >= 15 is 0 Å². The molecule has 8 heteroatoms. The molecule has 1 heterocycles. The van der Waals surface area contributed by atoms with Crippen molar-refractivity contribution >= 4 is 35.2 Å². The fourth-order valence-electron chi connectivity index (χ4n) is 4.06. The number of hydrogen-bond acceptors (Lipinski definition) is 6. The predicted octanol–water partition coefficient (Wildman–Crippen LogP) is 6.17. The van der Waals surface area contributed by atoms with Gasteiger partial charge in [-0.2, -0.15) is 0 Å². The number of hydrogen-bond donors (Lipinski definition) is 2. The normalized spacial score (nSPS) is 14.2. The summed E-state index contributed by atoms with van der Waals surface area (Å²) in [5.74, 6) is -0.235. The van der Waals surface area contributed by atoms with Gasteiger partial charge in [0.1, 0.15) is 23.3 Å². The summed E-state index contributed by atoms with van der Waals surface area (Å²) < 4.78 is 5.73. The summed E-state index contributed by atoms with van der Waals surface area (Å²) in [6, 6.07) is 5.57. The van der Waals surface area contributed by atoms with Crippen LogP contribution < -0.4 is 5.73 Å². The van der Waals surface area contributed by atoms with Crippen molar-refractivity contribution in [1.82, 2.24) is 9.97 Å². The lowest BCUT2D eigenvalue weighted by Crippen LogP contribution is -2.30. The zero-order valence-corrected chi connectivity index (χ0v) is 22.7. The Morgan fingerprint density at radius 3 is 2.39 bits per heavy atom. The van der Waals surface area contributed by atoms with E-state index in [1.807, 2.05) is 32.1 Å². The van der Waals surface area contributed by atoms with Gasteiger partial charge >= 0.3 is 5.97 Å². The van der Waals surface area contributed by atoms with E-state index in [1.54, 1.807) is 40.7 Å². The Labute approximate surface area is 217 Å². The predicted molar refractivity (Wildman–Crippen MR) is 144 cm³/mol. The molecule has 0 spiro atoms. The maximum Gasteiger partial charge on any atom is 0.309 e. The fraction of sp³-hybridized carbons (Fsp3) is 0.357. The number of carboxylic acid groups (broad SMARTS) is 1. The topological polar surface area (TPSA) is 115 Å². The molecule has 0 aliphatic carbocycles. The van der Waals surface area contributed by atoms with E-state index in [1.165, 1.54) is 6.26 Å². The van der Waals surface area contributed by atoms with Gasteiger partial charge < -0.3 is 20.4 Å². The van der Waals surface area contributed by atoms with Crippen molar-refractivity contribution in [1.29, 1.82) is 0 Å². The van der Waals surface area contributed by atoms with Gasteiger partial charge in [0.05, 0.1) is 11.7 Å². The molecule has 0 bridgehead atoms. The van der Waals surface area contributed by atoms with E-state index in [2.05, 4.69) is 16.5 Å². The van der Waals surface area contributed by atoms with E-state index in [9.17, 15) is 14.7 Å². The second kappa shape index (κ2) is 11.1. The number of aryl methyl sites for hydroxylation is 2. The van der Waals surface area contributed by atoms with E-state index in [4.69, 9.17) is 22.1 Å². The molecule has 7 nitrogen and oxygen atoms in total. The van der Waals surface area contributed by atoms with Crippen LogP contribution in [0.15, 0.2) is 48.4 Å². The average Bonchev–Trinajstić information content (AvgIpc) is 2.78. The smallest absolute Gasteiger partial charge is 0.309 e. The van der Waals surface area contributed by atoms with Crippen LogP contribution in [0.2, 0.25) is 5.02 Å². The minimum atomic E-state index is -1.34. The number of benzene rings is 1. The number of nitrogens with two attached hydrogens (primary N) is 1. The molecule has 1 aromatic heterocycles. The zero-order chi connectivity index (χ0) is 27.4. The lowest BCUT2D eigenvalue weighted by molar-refractivity contribution is -0.146. The van der Waals surface area contributed by atoms with Crippen LogP contribution in [0, 0.1) is 19.3 Å². The molecule has 2 aromatic rings. The number of ether oxygens (including phenoxy) is 1. The van der Waals surface area contributed by atoms with Gasteiger partial charge in [0.25, 0.3) is 0 Å². The maximum absolute atomic E-state index is 12.3. The summed E-state index contributed by atoms with van der Waals surface area (Å²) in [5.41, 5.74) is 8.35. The number of nitrogen functional groups attached to an aromatic ring is 1. The van der Waals surface area contributed by atoms with Crippen LogP contribution in [0.4, 0.5) is 5.82 Å². The quantitative estimate of drug-likeness (QED) is 0.289. The van der Waals surface area contributed by atoms with Crippen LogP contribution >= 0.6 is 11.6 Å². The van der Waals surface area contributed by atoms with Crippen LogP contribution in [-0.4, -0.2) is 27.3 Å². The van der Waals surface area contributed by atoms with Crippen molar-refractivity contribution in [3.05, 3.63) is 81.7 Å². The highest BCUT2D eigenvalue weighted by Gasteiger charge is 2.37. The molecule has 0 aliphatic rings. The highest BCUT2D eigenvalue weighted by molar-refractivity contribution is 6.30. The van der Waals surface area contributed by atoms with Gasteiger partial charge in [-0.1, -0.05) is 30.3 Å². The number of aromatic nitrogens is 2. The van der Waals surface area contributed by atoms with Crippen molar-refractivity contribution in [2.75, 3.05) is 5.73 Å². The first-order valence-corrected chi connectivity index (χ1v) is 11.8. The molecule has 0 aliphatic heterocycles. The molecule has 3 N–H and O–H groups in total. The van der Waals surface area contributed by atoms with E-state index in [-0.39, 0.29) is 18.0 Å². The molecule has 0 amide bonds. The third-order valence-electron chi connectivity index (χ3n) is 6.16. The highest BCUT2D eigenvalue weighted by Crippen LogP contribution is 2.37. The molecule has 1 unspecified atom stereocenters. The molecule has 2 rings (SSSR count). The molecular formula is C28H34ClN3O4. The molecule has 1 aromatic carbocycles. The Hall–Kier alpha value is -3.45. The number of rotatable bonds is 10. The third-order valence-corrected chi connectivity index (χ3v) is 6.40. The molecule has 0 radical (unpaired) electrons. The number of nitrogens with zero attached hydrogens (tertiary/aromatic N) is 2. The second-order valence-corrected chi connectivity index (χ2v) is 10.2. The number of allylic oxidation sites excluding steroid dienone is 3. The minimum absolute atomic E-state index is 0.121. The van der Waals surface area contributed by atoms with Gasteiger partial charge in [0, 0.05) is 21.9 Å². The number of aliphatic carboxylic acids is 1. The minimum Gasteiger partial charge on any atom is -0.481 e. The fourth-order valence-corrected chi connectivity index (χ4v) is 4.29. The monoisotopic (exact) mass is 511 g/mol. The Kier molecular flexibility index (Phi) is 8.86. The average molecular weight is 512 g/mol. The third kappa shape index (κ3) is 6.02. The number of carbonyl (C=O) groups is 2. The van der Waals surface area contributed by atoms with E-state index in [0.717, 1.165) is 16.7 Å². The van der Waals surface area contributed by atoms with Crippen molar-refractivity contribution in [3.8, 4) is 0 Å². The summed E-state index contributed by atoms with van der Waals surface area (Å²) >= 11 is 6.11. The second-order valence-electron chi connectivity index (χ2n) is 9.75. The van der Waals surface area contributed by atoms with Crippen molar-refractivity contribution in [2.45, 2.75) is 60.3 Å². The van der Waals surface area contributed by atoms with Gasteiger partial charge in [-0.15, -0.1) is 0 Å². The van der Waals surface area contributed by atoms with Crippen LogP contribution in [-0.2, 0) is 19.7 Å². The molecule has 0 saturated carbocycles. The standard InChI is InChI=1S/C28H34ClN3O4/c1-9-21(22-11-10-20(29)12-17(22)3)25-31-18(4)23(24(30)32-25)28(8,15-33)19(5)36-14-16(2)13-27(6,7)26(34)35/h9-12,14-15H,5,13H2,1-4,6-8H3,(H,34,35)(H2,30,31,32)/b16-14+,21-9+. The van der Waals surface area contributed by atoms with Crippen LogP contribution in [0.25, 0.3) is 5.57 Å². The van der Waals surface area contributed by atoms with Gasteiger partial charge in [-0.3, -0.25) is 4.79 Å². The van der Waals surface area contributed by atoms with Crippen LogP contribution in [0.5, 0.6) is 0 Å². The highest BCUT2D eigenvalue weighted by atomic mass is 35.5. The summed E-state index contributed by atoms with van der Waals surface area (Å²) in [6.45, 7) is 16.2. The maximum atomic E-state index is 12.3. The SMILES string of the molecule is C=C(O/C=C(\C)CC(C)(C)C(=O)O)C(C)(C=O)c1c(C)nc(/C(=C/C)c2ccc(Cl)cc2C)nc1N. The zero-order valence-electron chi connectivity index (χ0n) is 21.9. The first-order chi connectivity index (χ1) is 16.7. The van der Waals surface area contributed by atoms with Gasteiger partial charge in [-0.05, 0) is 83.7 Å². The molecule has 192 valence electrons. The van der Waals surface area contributed by atoms with Crippen molar-refractivity contribution < 1.29 is 19.4 Å². The summed E-state index contributed by atoms with van der Waals surface area (Å²) in [4.78, 5) is 33.0. The molecular weight excluding hydrogens is 478 g/mol. The Balaban J connectivity index is 2.44. The molecule has 0 fully saturated rings. The number of halogens is 1. The molecule has 36 heavy (non-hydrogen) atoms. The van der Waals surface area contributed by atoms with Gasteiger partial charge in [0.2, 0.25) is 0 Å². The van der Waals surface area contributed by atoms with Crippen LogP contribution in [0.1, 0.15) is 69.2 Å². The summed E-state index contributed by atoms with van der Waals surface area (Å²) in [7, 11) is 0. The lowest BCUT2D eigenvalue weighted by atomic mass is 9.81. The Morgan fingerprint density at radius 2 is 1.89 bits per heavy atom. The number of carbonyl (C=O) groups excluding carboxylic acids is 1. The van der Waals surface area contributed by atoms with Crippen molar-refractivity contribution in [3.63, 3.8) is 0 Å². The van der Waals surface area contributed by atoms with Gasteiger partial charge in [0.15, 0.2) is 5.82 Å². The molecule has 0 saturated heterocycles. The lowest BCUT2D eigenvalue weighted by Gasteiger charge is -2.28. The van der Waals surface area contributed by atoms with E-state index in [0.29, 0.717) is 34.0 Å². The first-order valence-electron chi connectivity index (χ1n) is 11.5. The first kappa shape index (κ1) is 28.8. The largest absolute Gasteiger partial charge is 0.481 e. The van der Waals surface area contributed by atoms with Gasteiger partial charge in [-0.25, -0.2) is 9.97 Å².